The summed E-state index contributed by atoms with van der Waals surface area (Å²) in [5, 5.41) is 3.15. The number of hydrogen-bond donors (Lipinski definition) is 1. The molecule has 0 atom stereocenters. The van der Waals surface area contributed by atoms with Crippen LogP contribution < -0.4 is 14.8 Å². The molecule has 0 unspecified atom stereocenters. The number of unbranched alkanes of at least 4 members (excludes halogenated alkanes) is 2. The Hall–Kier alpha value is -1.56. The Bertz CT molecular complexity index is 325. The van der Waals surface area contributed by atoms with Crippen LogP contribution in [0.5, 0.6) is 11.8 Å². The molecule has 0 saturated carbocycles. The minimum absolute atomic E-state index is 0.490. The third-order valence-corrected chi connectivity index (χ3v) is 2.41. The fraction of sp³-hybridized carbons (Fsp3) is 0.667. The number of ether oxygens (including phenoxy) is 3. The summed E-state index contributed by atoms with van der Waals surface area (Å²) in [5.41, 5.74) is 0. The largest absolute Gasteiger partial charge is 0.481 e. The molecule has 18 heavy (non-hydrogen) atoms. The van der Waals surface area contributed by atoms with Gasteiger partial charge in [0.2, 0.25) is 17.7 Å². The van der Waals surface area contributed by atoms with Gasteiger partial charge in [-0.15, -0.1) is 0 Å². The summed E-state index contributed by atoms with van der Waals surface area (Å²) in [6, 6.07) is 1.64. The van der Waals surface area contributed by atoms with Gasteiger partial charge in [0.25, 0.3) is 0 Å². The van der Waals surface area contributed by atoms with E-state index < -0.39 is 0 Å². The van der Waals surface area contributed by atoms with Crippen molar-refractivity contribution in [3.05, 3.63) is 6.07 Å². The number of nitrogens with zero attached hydrogens (tertiary/aromatic N) is 2. The Labute approximate surface area is 108 Å². The number of anilines is 1. The quantitative estimate of drug-likeness (QED) is 0.678. The monoisotopic (exact) mass is 255 g/mol. The second-order valence-corrected chi connectivity index (χ2v) is 3.76. The summed E-state index contributed by atoms with van der Waals surface area (Å²) in [5.74, 6) is 1.51. The highest BCUT2D eigenvalue weighted by Crippen LogP contribution is 2.17. The number of nitrogens with one attached hydrogen (secondary N) is 1. The van der Waals surface area contributed by atoms with Crippen LogP contribution in [0.2, 0.25) is 0 Å². The molecular weight excluding hydrogens is 234 g/mol. The highest BCUT2D eigenvalue weighted by Gasteiger charge is 2.04. The van der Waals surface area contributed by atoms with Crippen molar-refractivity contribution in [3.8, 4) is 11.8 Å². The van der Waals surface area contributed by atoms with E-state index in [2.05, 4.69) is 15.3 Å². The van der Waals surface area contributed by atoms with Crippen LogP contribution >= 0.6 is 0 Å². The van der Waals surface area contributed by atoms with E-state index in [1.54, 1.807) is 27.4 Å². The fourth-order valence-corrected chi connectivity index (χ4v) is 1.44. The number of methoxy groups -OCH3 is 3. The van der Waals surface area contributed by atoms with Crippen LogP contribution in [-0.4, -0.2) is 44.4 Å². The van der Waals surface area contributed by atoms with Gasteiger partial charge in [0.15, 0.2) is 0 Å². The number of aromatic nitrogens is 2. The third-order valence-electron chi connectivity index (χ3n) is 2.41. The molecule has 1 heterocycles. The minimum atomic E-state index is 0.490. The molecule has 0 radical (unpaired) electrons. The van der Waals surface area contributed by atoms with Gasteiger partial charge in [-0.25, -0.2) is 0 Å². The Morgan fingerprint density at radius 3 is 2.22 bits per heavy atom. The van der Waals surface area contributed by atoms with E-state index in [1.165, 1.54) is 0 Å². The summed E-state index contributed by atoms with van der Waals surface area (Å²) in [4.78, 5) is 8.37. The van der Waals surface area contributed by atoms with Crippen molar-refractivity contribution in [1.82, 2.24) is 9.97 Å². The van der Waals surface area contributed by atoms with Crippen molar-refractivity contribution in [2.45, 2.75) is 19.3 Å². The summed E-state index contributed by atoms with van der Waals surface area (Å²) in [6.07, 6.45) is 3.23. The first-order chi connectivity index (χ1) is 8.80. The van der Waals surface area contributed by atoms with Gasteiger partial charge >= 0.3 is 0 Å². The maximum atomic E-state index is 5.07. The molecule has 0 amide bonds. The van der Waals surface area contributed by atoms with Crippen LogP contribution in [0.4, 0.5) is 5.95 Å². The first-order valence-electron chi connectivity index (χ1n) is 6.00. The second kappa shape index (κ2) is 8.52. The van der Waals surface area contributed by atoms with Crippen LogP contribution in [-0.2, 0) is 4.74 Å². The Kier molecular flexibility index (Phi) is 6.86. The molecule has 0 bridgehead atoms. The van der Waals surface area contributed by atoms with Gasteiger partial charge < -0.3 is 19.5 Å². The predicted molar refractivity (Wildman–Crippen MR) is 69.4 cm³/mol. The molecule has 0 aliphatic rings. The van der Waals surface area contributed by atoms with Gasteiger partial charge in [0.05, 0.1) is 20.3 Å². The van der Waals surface area contributed by atoms with Crippen molar-refractivity contribution in [3.63, 3.8) is 0 Å². The van der Waals surface area contributed by atoms with Gasteiger partial charge in [0, 0.05) is 20.3 Å². The number of rotatable bonds is 9. The van der Waals surface area contributed by atoms with Crippen molar-refractivity contribution in [2.24, 2.45) is 0 Å². The van der Waals surface area contributed by atoms with Crippen LogP contribution in [0.15, 0.2) is 6.07 Å². The van der Waals surface area contributed by atoms with Crippen LogP contribution in [0.1, 0.15) is 19.3 Å². The van der Waals surface area contributed by atoms with Crippen LogP contribution in [0, 0.1) is 0 Å². The third kappa shape index (κ3) is 5.18. The van der Waals surface area contributed by atoms with Gasteiger partial charge in [0.1, 0.15) is 0 Å². The summed E-state index contributed by atoms with van der Waals surface area (Å²) in [7, 11) is 4.85. The first kappa shape index (κ1) is 14.5. The van der Waals surface area contributed by atoms with E-state index in [-0.39, 0.29) is 0 Å². The molecule has 6 heteroatoms. The maximum absolute atomic E-state index is 5.07. The molecule has 102 valence electrons. The van der Waals surface area contributed by atoms with Crippen LogP contribution in [0.25, 0.3) is 0 Å². The Morgan fingerprint density at radius 1 is 1.00 bits per heavy atom. The molecule has 0 aromatic carbocycles. The first-order valence-corrected chi connectivity index (χ1v) is 6.00. The topological polar surface area (TPSA) is 65.5 Å². The maximum Gasteiger partial charge on any atom is 0.229 e. The number of hydrogen-bond acceptors (Lipinski definition) is 6. The smallest absolute Gasteiger partial charge is 0.229 e. The second-order valence-electron chi connectivity index (χ2n) is 3.76. The van der Waals surface area contributed by atoms with Crippen molar-refractivity contribution >= 4 is 5.95 Å². The lowest BCUT2D eigenvalue weighted by atomic mass is 10.2. The zero-order chi connectivity index (χ0) is 13.2. The molecule has 0 aliphatic carbocycles. The average Bonchev–Trinajstić information content (AvgIpc) is 2.42. The van der Waals surface area contributed by atoms with Crippen molar-refractivity contribution in [1.29, 1.82) is 0 Å². The summed E-state index contributed by atoms with van der Waals surface area (Å²) in [6.45, 7) is 1.63. The van der Waals surface area contributed by atoms with E-state index >= 15 is 0 Å². The lowest BCUT2D eigenvalue weighted by molar-refractivity contribution is 0.192. The predicted octanol–water partition coefficient (Wildman–Crippen LogP) is 1.72. The Balaban J connectivity index is 2.36. The van der Waals surface area contributed by atoms with Crippen molar-refractivity contribution in [2.75, 3.05) is 39.8 Å². The molecular formula is C12H21N3O3. The molecule has 1 N–H and O–H groups in total. The summed E-state index contributed by atoms with van der Waals surface area (Å²) >= 11 is 0. The van der Waals surface area contributed by atoms with Crippen LogP contribution in [0.3, 0.4) is 0 Å². The molecule has 1 rings (SSSR count). The van der Waals surface area contributed by atoms with E-state index in [0.29, 0.717) is 17.7 Å². The summed E-state index contributed by atoms with van der Waals surface area (Å²) < 4.78 is 15.1. The van der Waals surface area contributed by atoms with E-state index in [4.69, 9.17) is 14.2 Å². The molecule has 0 aliphatic heterocycles. The standard InChI is InChI=1S/C12H21N3O3/c1-16-8-6-4-5-7-13-12-14-10(17-2)9-11(15-12)18-3/h9H,4-8H2,1-3H3,(H,13,14,15). The highest BCUT2D eigenvalue weighted by molar-refractivity contribution is 5.33. The van der Waals surface area contributed by atoms with Gasteiger partial charge in [-0.3, -0.25) is 0 Å². The Morgan fingerprint density at radius 2 is 1.67 bits per heavy atom. The SMILES string of the molecule is COCCCCCNc1nc(OC)cc(OC)n1. The molecule has 1 aromatic heterocycles. The van der Waals surface area contributed by atoms with E-state index in [1.807, 2.05) is 0 Å². The normalized spacial score (nSPS) is 10.2. The lowest BCUT2D eigenvalue weighted by Gasteiger charge is -2.08. The molecule has 0 spiro atoms. The lowest BCUT2D eigenvalue weighted by Crippen LogP contribution is -2.07. The van der Waals surface area contributed by atoms with Gasteiger partial charge in [-0.2, -0.15) is 9.97 Å². The zero-order valence-corrected chi connectivity index (χ0v) is 11.2. The fourth-order valence-electron chi connectivity index (χ4n) is 1.44. The average molecular weight is 255 g/mol. The van der Waals surface area contributed by atoms with Gasteiger partial charge in [-0.1, -0.05) is 0 Å². The zero-order valence-electron chi connectivity index (χ0n) is 11.2. The van der Waals surface area contributed by atoms with E-state index in [9.17, 15) is 0 Å². The highest BCUT2D eigenvalue weighted by atomic mass is 16.5. The molecule has 0 fully saturated rings. The minimum Gasteiger partial charge on any atom is -0.481 e. The molecule has 1 aromatic rings. The molecule has 0 saturated heterocycles. The van der Waals surface area contributed by atoms with E-state index in [0.717, 1.165) is 32.4 Å². The molecule has 6 nitrogen and oxygen atoms in total. The van der Waals surface area contributed by atoms with Gasteiger partial charge in [-0.05, 0) is 19.3 Å². The van der Waals surface area contributed by atoms with Crippen molar-refractivity contribution < 1.29 is 14.2 Å².